The summed E-state index contributed by atoms with van der Waals surface area (Å²) in [7, 11) is 0. The highest BCUT2D eigenvalue weighted by Crippen LogP contribution is 2.27. The van der Waals surface area contributed by atoms with Gasteiger partial charge >= 0.3 is 0 Å². The summed E-state index contributed by atoms with van der Waals surface area (Å²) in [5.41, 5.74) is 0.601. The van der Waals surface area contributed by atoms with Gasteiger partial charge in [-0.05, 0) is 18.2 Å². The molecule has 0 aliphatic carbocycles. The molecule has 0 saturated heterocycles. The van der Waals surface area contributed by atoms with Crippen molar-refractivity contribution < 1.29 is 9.53 Å². The second kappa shape index (κ2) is 5.69. The smallest absolute Gasteiger partial charge is 0.150 e. The van der Waals surface area contributed by atoms with Gasteiger partial charge in [-0.25, -0.2) is 0 Å². The fourth-order valence-corrected chi connectivity index (χ4v) is 1.42. The molecule has 0 amide bonds. The molecule has 0 unspecified atom stereocenters. The largest absolute Gasteiger partial charge is 0.491 e. The van der Waals surface area contributed by atoms with E-state index < -0.39 is 0 Å². The van der Waals surface area contributed by atoms with E-state index >= 15 is 0 Å². The number of halogens is 2. The Bertz CT molecular complexity index is 377. The van der Waals surface area contributed by atoms with Crippen molar-refractivity contribution in [3.63, 3.8) is 0 Å². The Kier molecular flexibility index (Phi) is 4.81. The van der Waals surface area contributed by atoms with Crippen molar-refractivity contribution in [2.45, 2.75) is 13.8 Å². The van der Waals surface area contributed by atoms with Gasteiger partial charge in [0.05, 0.1) is 11.6 Å². The summed E-state index contributed by atoms with van der Waals surface area (Å²) >= 11 is 9.41. The maximum Gasteiger partial charge on any atom is 0.150 e. The predicted molar refractivity (Wildman–Crippen MR) is 69.9 cm³/mol. The van der Waals surface area contributed by atoms with E-state index in [1.54, 1.807) is 18.2 Å². The number of benzene rings is 1. The summed E-state index contributed by atoms with van der Waals surface area (Å²) in [6.45, 7) is 4.75. The first-order valence-electron chi connectivity index (χ1n) is 4.92. The zero-order valence-corrected chi connectivity index (χ0v) is 11.6. The summed E-state index contributed by atoms with van der Waals surface area (Å²) in [5, 5.41) is 1.32. The molecule has 0 aliphatic rings. The Hall–Kier alpha value is -0.540. The van der Waals surface area contributed by atoms with Gasteiger partial charge in [0.2, 0.25) is 0 Å². The molecule has 1 rings (SSSR count). The van der Waals surface area contributed by atoms with Crippen molar-refractivity contribution in [3.05, 3.63) is 28.8 Å². The van der Waals surface area contributed by atoms with E-state index in [2.05, 4.69) is 29.8 Å². The topological polar surface area (TPSA) is 26.3 Å². The molecule has 0 aromatic heterocycles. The number of alkyl halides is 1. The van der Waals surface area contributed by atoms with Crippen molar-refractivity contribution in [2.24, 2.45) is 5.41 Å². The van der Waals surface area contributed by atoms with E-state index in [-0.39, 0.29) is 5.41 Å². The Balaban J connectivity index is 2.71. The molecule has 0 aliphatic heterocycles. The van der Waals surface area contributed by atoms with Crippen LogP contribution in [-0.2, 0) is 0 Å². The quantitative estimate of drug-likeness (QED) is 0.608. The Morgan fingerprint density at radius 1 is 1.50 bits per heavy atom. The van der Waals surface area contributed by atoms with Crippen LogP contribution in [0.5, 0.6) is 5.75 Å². The van der Waals surface area contributed by atoms with Crippen molar-refractivity contribution in [2.75, 3.05) is 11.9 Å². The van der Waals surface area contributed by atoms with Gasteiger partial charge in [0.25, 0.3) is 0 Å². The molecular formula is C12H14BrClO2. The van der Waals surface area contributed by atoms with Gasteiger partial charge in [-0.2, -0.15) is 0 Å². The van der Waals surface area contributed by atoms with Gasteiger partial charge in [-0.15, -0.1) is 0 Å². The van der Waals surface area contributed by atoms with E-state index in [0.29, 0.717) is 22.9 Å². The van der Waals surface area contributed by atoms with Gasteiger partial charge in [-0.1, -0.05) is 41.4 Å². The number of hydrogen-bond donors (Lipinski definition) is 0. The molecule has 1 aromatic carbocycles. The lowest BCUT2D eigenvalue weighted by atomic mass is 9.98. The summed E-state index contributed by atoms with van der Waals surface area (Å²) in [6, 6.07) is 5.01. The number of carbonyl (C=O) groups is 1. The van der Waals surface area contributed by atoms with Crippen molar-refractivity contribution in [1.82, 2.24) is 0 Å². The van der Waals surface area contributed by atoms with Gasteiger partial charge in [0.1, 0.15) is 12.0 Å². The highest BCUT2D eigenvalue weighted by molar-refractivity contribution is 9.09. The standard InChI is InChI=1S/C12H14BrClO2/c1-12(2,7-13)8-16-11-4-3-9(6-15)5-10(11)14/h3-6H,7-8H2,1-2H3. The summed E-state index contributed by atoms with van der Waals surface area (Å²) in [5.74, 6) is 0.612. The zero-order chi connectivity index (χ0) is 12.2. The Morgan fingerprint density at radius 3 is 2.69 bits per heavy atom. The summed E-state index contributed by atoms with van der Waals surface area (Å²) < 4.78 is 5.61. The lowest BCUT2D eigenvalue weighted by molar-refractivity contribution is 0.112. The van der Waals surface area contributed by atoms with Crippen molar-refractivity contribution in [3.8, 4) is 5.75 Å². The molecule has 16 heavy (non-hydrogen) atoms. The first-order valence-corrected chi connectivity index (χ1v) is 6.42. The number of hydrogen-bond acceptors (Lipinski definition) is 2. The minimum atomic E-state index is 0.0483. The third kappa shape index (κ3) is 3.80. The number of ether oxygens (including phenoxy) is 1. The van der Waals surface area contributed by atoms with E-state index in [0.717, 1.165) is 11.6 Å². The van der Waals surface area contributed by atoms with Gasteiger partial charge < -0.3 is 4.74 Å². The maximum absolute atomic E-state index is 10.5. The van der Waals surface area contributed by atoms with Gasteiger partial charge in [0.15, 0.2) is 0 Å². The minimum absolute atomic E-state index is 0.0483. The van der Waals surface area contributed by atoms with Crippen LogP contribution in [0.1, 0.15) is 24.2 Å². The number of rotatable bonds is 5. The van der Waals surface area contributed by atoms with E-state index in [4.69, 9.17) is 16.3 Å². The second-order valence-corrected chi connectivity index (χ2v) is 5.36. The fraction of sp³-hybridized carbons (Fsp3) is 0.417. The average Bonchev–Trinajstić information content (AvgIpc) is 2.27. The van der Waals surface area contributed by atoms with Crippen LogP contribution < -0.4 is 4.74 Å². The average molecular weight is 306 g/mol. The molecule has 1 aromatic rings. The predicted octanol–water partition coefficient (Wildman–Crippen LogP) is 3.95. The van der Waals surface area contributed by atoms with Crippen LogP contribution in [0.15, 0.2) is 18.2 Å². The molecule has 0 bridgehead atoms. The number of aldehydes is 1. The van der Waals surface area contributed by atoms with Gasteiger partial charge in [0, 0.05) is 16.3 Å². The lowest BCUT2D eigenvalue weighted by Crippen LogP contribution is -2.22. The molecular weight excluding hydrogens is 291 g/mol. The fourth-order valence-electron chi connectivity index (χ4n) is 1.02. The van der Waals surface area contributed by atoms with Crippen LogP contribution in [0.3, 0.4) is 0 Å². The minimum Gasteiger partial charge on any atom is -0.491 e. The first-order chi connectivity index (χ1) is 7.48. The Labute approximate surface area is 109 Å². The molecule has 0 heterocycles. The molecule has 0 spiro atoms. The summed E-state index contributed by atoms with van der Waals surface area (Å²) in [4.78, 5) is 10.5. The molecule has 4 heteroatoms. The zero-order valence-electron chi connectivity index (χ0n) is 9.30. The summed E-state index contributed by atoms with van der Waals surface area (Å²) in [6.07, 6.45) is 0.762. The molecule has 88 valence electrons. The third-order valence-corrected chi connectivity index (χ3v) is 3.89. The van der Waals surface area contributed by atoms with Crippen LogP contribution in [0, 0.1) is 5.41 Å². The molecule has 2 nitrogen and oxygen atoms in total. The maximum atomic E-state index is 10.5. The third-order valence-electron chi connectivity index (χ3n) is 2.07. The van der Waals surface area contributed by atoms with E-state index in [1.165, 1.54) is 0 Å². The van der Waals surface area contributed by atoms with Crippen LogP contribution in [0.25, 0.3) is 0 Å². The van der Waals surface area contributed by atoms with Crippen LogP contribution in [0.4, 0.5) is 0 Å². The molecule has 0 radical (unpaired) electrons. The first kappa shape index (κ1) is 13.5. The van der Waals surface area contributed by atoms with E-state index in [9.17, 15) is 4.79 Å². The molecule has 0 fully saturated rings. The molecule has 0 N–H and O–H groups in total. The Morgan fingerprint density at radius 2 is 2.19 bits per heavy atom. The SMILES string of the molecule is CC(C)(CBr)COc1ccc(C=O)cc1Cl. The number of carbonyl (C=O) groups excluding carboxylic acids is 1. The van der Waals surface area contributed by atoms with Crippen LogP contribution in [-0.4, -0.2) is 18.2 Å². The highest BCUT2D eigenvalue weighted by atomic mass is 79.9. The van der Waals surface area contributed by atoms with E-state index in [1.807, 2.05) is 0 Å². The van der Waals surface area contributed by atoms with Gasteiger partial charge in [-0.3, -0.25) is 4.79 Å². The van der Waals surface area contributed by atoms with Crippen molar-refractivity contribution >= 4 is 33.8 Å². The highest BCUT2D eigenvalue weighted by Gasteiger charge is 2.17. The monoisotopic (exact) mass is 304 g/mol. The van der Waals surface area contributed by atoms with Crippen LogP contribution in [0.2, 0.25) is 5.02 Å². The van der Waals surface area contributed by atoms with Crippen LogP contribution >= 0.6 is 27.5 Å². The second-order valence-electron chi connectivity index (χ2n) is 4.39. The van der Waals surface area contributed by atoms with Crippen molar-refractivity contribution in [1.29, 1.82) is 0 Å². The molecule has 0 saturated carbocycles. The lowest BCUT2D eigenvalue weighted by Gasteiger charge is -2.22. The normalized spacial score (nSPS) is 11.2. The molecule has 0 atom stereocenters.